The van der Waals surface area contributed by atoms with E-state index in [1.165, 1.54) is 17.5 Å². The van der Waals surface area contributed by atoms with Gasteiger partial charge in [-0.05, 0) is 23.5 Å². The molecule has 1 aliphatic heterocycles. The molecule has 0 atom stereocenters. The second kappa shape index (κ2) is 4.14. The summed E-state index contributed by atoms with van der Waals surface area (Å²) in [6.45, 7) is 6.85. The third-order valence-corrected chi connectivity index (χ3v) is 2.88. The van der Waals surface area contributed by atoms with Crippen LogP contribution in [0.2, 0.25) is 0 Å². The molecule has 1 heteroatoms. The van der Waals surface area contributed by atoms with E-state index in [2.05, 4.69) is 43.4 Å². The molecule has 1 nitrogen and oxygen atoms in total. The van der Waals surface area contributed by atoms with E-state index in [0.717, 1.165) is 24.9 Å². The van der Waals surface area contributed by atoms with Crippen LogP contribution in [0, 0.1) is 5.92 Å². The van der Waals surface area contributed by atoms with Crippen molar-refractivity contribution in [1.82, 2.24) is 5.32 Å². The number of hydrogen-bond acceptors (Lipinski definition) is 1. The SMILES string of the molecule is CC(C)Cc1ccc(C2CNC2)cc1. The van der Waals surface area contributed by atoms with Gasteiger partial charge in [-0.25, -0.2) is 0 Å². The minimum Gasteiger partial charge on any atom is -0.315 e. The van der Waals surface area contributed by atoms with Crippen LogP contribution in [0.15, 0.2) is 24.3 Å². The van der Waals surface area contributed by atoms with Crippen molar-refractivity contribution in [2.24, 2.45) is 5.92 Å². The van der Waals surface area contributed by atoms with Gasteiger partial charge in [0.05, 0.1) is 0 Å². The van der Waals surface area contributed by atoms with E-state index in [1.54, 1.807) is 0 Å². The van der Waals surface area contributed by atoms with Crippen LogP contribution < -0.4 is 5.32 Å². The molecule has 1 fully saturated rings. The molecular weight excluding hydrogens is 170 g/mol. The molecule has 1 heterocycles. The van der Waals surface area contributed by atoms with Gasteiger partial charge in [-0.15, -0.1) is 0 Å². The fourth-order valence-electron chi connectivity index (χ4n) is 1.92. The second-order valence-corrected chi connectivity index (χ2v) is 4.69. The fraction of sp³-hybridized carbons (Fsp3) is 0.538. The molecule has 0 radical (unpaired) electrons. The molecule has 1 N–H and O–H groups in total. The first-order chi connectivity index (χ1) is 6.75. The van der Waals surface area contributed by atoms with Crippen molar-refractivity contribution in [1.29, 1.82) is 0 Å². The smallest absolute Gasteiger partial charge is 0.00885 e. The van der Waals surface area contributed by atoms with E-state index < -0.39 is 0 Å². The van der Waals surface area contributed by atoms with E-state index in [9.17, 15) is 0 Å². The van der Waals surface area contributed by atoms with Crippen LogP contribution in [0.3, 0.4) is 0 Å². The summed E-state index contributed by atoms with van der Waals surface area (Å²) < 4.78 is 0. The lowest BCUT2D eigenvalue weighted by Gasteiger charge is -2.27. The van der Waals surface area contributed by atoms with Crippen molar-refractivity contribution in [3.63, 3.8) is 0 Å². The molecule has 0 spiro atoms. The molecule has 1 aromatic rings. The minimum atomic E-state index is 0.756. The highest BCUT2D eigenvalue weighted by Crippen LogP contribution is 2.20. The molecular formula is C13H19N. The average molecular weight is 189 g/mol. The summed E-state index contributed by atoms with van der Waals surface area (Å²) in [6, 6.07) is 9.16. The molecule has 1 aliphatic rings. The summed E-state index contributed by atoms with van der Waals surface area (Å²) in [6.07, 6.45) is 1.20. The summed E-state index contributed by atoms with van der Waals surface area (Å²) in [7, 11) is 0. The summed E-state index contributed by atoms with van der Waals surface area (Å²) in [5.41, 5.74) is 2.97. The average Bonchev–Trinajstić information content (AvgIpc) is 2.04. The van der Waals surface area contributed by atoms with Crippen molar-refractivity contribution >= 4 is 0 Å². The summed E-state index contributed by atoms with van der Waals surface area (Å²) in [5.74, 6) is 1.52. The van der Waals surface area contributed by atoms with Gasteiger partial charge in [0.25, 0.3) is 0 Å². The maximum Gasteiger partial charge on any atom is 0.00885 e. The van der Waals surface area contributed by atoms with E-state index in [4.69, 9.17) is 0 Å². The molecule has 0 aromatic heterocycles. The van der Waals surface area contributed by atoms with Crippen LogP contribution in [0.1, 0.15) is 30.9 Å². The van der Waals surface area contributed by atoms with Crippen molar-refractivity contribution in [3.8, 4) is 0 Å². The number of rotatable bonds is 3. The second-order valence-electron chi connectivity index (χ2n) is 4.69. The van der Waals surface area contributed by atoms with Crippen LogP contribution in [0.25, 0.3) is 0 Å². The lowest BCUT2D eigenvalue weighted by atomic mass is 9.92. The Labute approximate surface area is 86.5 Å². The van der Waals surface area contributed by atoms with Crippen molar-refractivity contribution in [3.05, 3.63) is 35.4 Å². The van der Waals surface area contributed by atoms with Crippen LogP contribution in [-0.4, -0.2) is 13.1 Å². The first-order valence-corrected chi connectivity index (χ1v) is 5.55. The zero-order chi connectivity index (χ0) is 9.97. The molecule has 1 saturated heterocycles. The van der Waals surface area contributed by atoms with Crippen LogP contribution in [-0.2, 0) is 6.42 Å². The Morgan fingerprint density at radius 3 is 2.29 bits per heavy atom. The molecule has 1 aromatic carbocycles. The highest BCUT2D eigenvalue weighted by molar-refractivity contribution is 5.27. The van der Waals surface area contributed by atoms with Crippen molar-refractivity contribution < 1.29 is 0 Å². The van der Waals surface area contributed by atoms with Gasteiger partial charge in [0, 0.05) is 19.0 Å². The third kappa shape index (κ3) is 2.16. The van der Waals surface area contributed by atoms with E-state index >= 15 is 0 Å². The predicted octanol–water partition coefficient (Wildman–Crippen LogP) is 2.57. The minimum absolute atomic E-state index is 0.756. The van der Waals surface area contributed by atoms with Gasteiger partial charge in [0.2, 0.25) is 0 Å². The topological polar surface area (TPSA) is 12.0 Å². The standard InChI is InChI=1S/C13H19N/c1-10(2)7-11-3-5-12(6-4-11)13-8-14-9-13/h3-6,10,13-14H,7-9H2,1-2H3. The Morgan fingerprint density at radius 1 is 1.21 bits per heavy atom. The fourth-order valence-corrected chi connectivity index (χ4v) is 1.92. The summed E-state index contributed by atoms with van der Waals surface area (Å²) >= 11 is 0. The molecule has 0 saturated carbocycles. The quantitative estimate of drug-likeness (QED) is 0.770. The molecule has 0 unspecified atom stereocenters. The maximum absolute atomic E-state index is 3.31. The van der Waals surface area contributed by atoms with Crippen LogP contribution in [0.4, 0.5) is 0 Å². The lowest BCUT2D eigenvalue weighted by Crippen LogP contribution is -2.39. The number of benzene rings is 1. The van der Waals surface area contributed by atoms with Gasteiger partial charge in [-0.1, -0.05) is 38.1 Å². The van der Waals surface area contributed by atoms with Gasteiger partial charge in [-0.2, -0.15) is 0 Å². The van der Waals surface area contributed by atoms with Gasteiger partial charge in [0.15, 0.2) is 0 Å². The summed E-state index contributed by atoms with van der Waals surface area (Å²) in [4.78, 5) is 0. The molecule has 0 amide bonds. The van der Waals surface area contributed by atoms with Crippen LogP contribution in [0.5, 0.6) is 0 Å². The van der Waals surface area contributed by atoms with Gasteiger partial charge < -0.3 is 5.32 Å². The Bertz CT molecular complexity index is 283. The Balaban J connectivity index is 2.02. The highest BCUT2D eigenvalue weighted by Gasteiger charge is 2.18. The predicted molar refractivity (Wildman–Crippen MR) is 60.6 cm³/mol. The van der Waals surface area contributed by atoms with Crippen molar-refractivity contribution in [2.45, 2.75) is 26.2 Å². The Kier molecular flexibility index (Phi) is 2.87. The number of hydrogen-bond donors (Lipinski definition) is 1. The monoisotopic (exact) mass is 189 g/mol. The number of nitrogens with one attached hydrogen (secondary N) is 1. The normalized spacial score (nSPS) is 17.1. The van der Waals surface area contributed by atoms with Gasteiger partial charge in [0.1, 0.15) is 0 Å². The molecule has 0 aliphatic carbocycles. The first-order valence-electron chi connectivity index (χ1n) is 5.55. The molecule has 2 rings (SSSR count). The molecule has 14 heavy (non-hydrogen) atoms. The lowest BCUT2D eigenvalue weighted by molar-refractivity contribution is 0.448. The first kappa shape index (κ1) is 9.72. The third-order valence-electron chi connectivity index (χ3n) is 2.88. The van der Waals surface area contributed by atoms with E-state index in [-0.39, 0.29) is 0 Å². The highest BCUT2D eigenvalue weighted by atomic mass is 14.9. The van der Waals surface area contributed by atoms with Gasteiger partial charge >= 0.3 is 0 Å². The van der Waals surface area contributed by atoms with E-state index in [0.29, 0.717) is 0 Å². The van der Waals surface area contributed by atoms with Gasteiger partial charge in [-0.3, -0.25) is 0 Å². The van der Waals surface area contributed by atoms with Crippen LogP contribution >= 0.6 is 0 Å². The van der Waals surface area contributed by atoms with Crippen molar-refractivity contribution in [2.75, 3.05) is 13.1 Å². The Hall–Kier alpha value is -0.820. The zero-order valence-electron chi connectivity index (χ0n) is 9.09. The molecule has 76 valence electrons. The summed E-state index contributed by atoms with van der Waals surface area (Å²) in [5, 5.41) is 3.31. The maximum atomic E-state index is 3.31. The Morgan fingerprint density at radius 2 is 1.86 bits per heavy atom. The molecule has 0 bridgehead atoms. The largest absolute Gasteiger partial charge is 0.315 e. The zero-order valence-corrected chi connectivity index (χ0v) is 9.09. The van der Waals surface area contributed by atoms with E-state index in [1.807, 2.05) is 0 Å².